The highest BCUT2D eigenvalue weighted by Crippen LogP contribution is 2.70. The summed E-state index contributed by atoms with van der Waals surface area (Å²) in [5.74, 6) is -2.02. The number of para-hydroxylation sites is 1. The first kappa shape index (κ1) is 46.7. The van der Waals surface area contributed by atoms with Gasteiger partial charge in [-0.1, -0.05) is 44.2 Å². The number of aliphatic hydroxyl groups excluding tert-OH is 2. The van der Waals surface area contributed by atoms with Gasteiger partial charge in [-0.05, 0) is 74.2 Å². The third kappa shape index (κ3) is 5.80. The molecule has 4 fully saturated rings. The summed E-state index contributed by atoms with van der Waals surface area (Å²) in [5, 5.41) is 45.9. The molecule has 1 saturated carbocycles. The molecule has 0 unspecified atom stereocenters. The van der Waals surface area contributed by atoms with Gasteiger partial charge in [-0.2, -0.15) is 0 Å². The van der Waals surface area contributed by atoms with Crippen LogP contribution < -0.4 is 15.0 Å². The topological polar surface area (TPSA) is 222 Å². The molecule has 3 saturated heterocycles. The number of hydrogen-bond acceptors (Lipinski definition) is 15. The minimum Gasteiger partial charge on any atom is -0.496 e. The van der Waals surface area contributed by atoms with Gasteiger partial charge in [0.25, 0.3) is 0 Å². The van der Waals surface area contributed by atoms with Crippen molar-refractivity contribution in [3.8, 4) is 5.75 Å². The fraction of sp³-hybridized carbons (Fsp3) is 0.638. The van der Waals surface area contributed by atoms with Crippen molar-refractivity contribution in [2.24, 2.45) is 17.3 Å². The molecule has 6 heterocycles. The molecular weight excluding hydrogens is 813 g/mol. The van der Waals surface area contributed by atoms with Crippen LogP contribution in [-0.4, -0.2) is 157 Å². The van der Waals surface area contributed by atoms with E-state index >= 15 is 0 Å². The lowest BCUT2D eigenvalue weighted by atomic mass is 9.47. The monoisotopic (exact) mass is 878 g/mol. The second-order valence-corrected chi connectivity index (χ2v) is 18.6. The lowest BCUT2D eigenvalue weighted by Crippen LogP contribution is -2.81. The zero-order chi connectivity index (χ0) is 44.8. The van der Waals surface area contributed by atoms with Gasteiger partial charge < -0.3 is 55.1 Å². The number of carbonyl (C=O) groups excluding carboxylic acids is 3. The molecule has 0 radical (unpaired) electrons. The Morgan fingerprint density at radius 2 is 1.71 bits per heavy atom. The van der Waals surface area contributed by atoms with Gasteiger partial charge in [0, 0.05) is 80.6 Å². The molecule has 0 aromatic heterocycles. The Kier molecular flexibility index (Phi) is 12.1. The minimum atomic E-state index is -2.28. The summed E-state index contributed by atoms with van der Waals surface area (Å²) >= 11 is 0. The Balaban J connectivity index is 0.00000196. The summed E-state index contributed by atoms with van der Waals surface area (Å²) in [6, 6.07) is 11.3. The molecule has 2 aromatic rings. The highest BCUT2D eigenvalue weighted by molar-refractivity contribution is 5.88. The number of esters is 3. The number of carbonyl (C=O) groups is 3. The fourth-order valence-electron chi connectivity index (χ4n) is 14.4. The molecule has 7 aliphatic rings. The lowest BCUT2D eigenvalue weighted by Gasteiger charge is -2.63. The summed E-state index contributed by atoms with van der Waals surface area (Å²) < 4.78 is 23.8. The van der Waals surface area contributed by atoms with Gasteiger partial charge in [0.05, 0.1) is 50.9 Å². The number of nitrogens with zero attached hydrogens (tertiary/aromatic N) is 3. The van der Waals surface area contributed by atoms with Crippen LogP contribution in [-0.2, 0) is 39.4 Å². The van der Waals surface area contributed by atoms with E-state index in [-0.39, 0.29) is 30.0 Å². The molecule has 2 aromatic carbocycles. The number of likely N-dealkylation sites (N-methyl/N-ethyl adjacent to an activating group) is 1. The van der Waals surface area contributed by atoms with Gasteiger partial charge in [-0.25, -0.2) is 4.79 Å². The molecule has 63 heavy (non-hydrogen) atoms. The lowest BCUT2D eigenvalue weighted by molar-refractivity contribution is -0.228. The number of piperidine rings is 1. The average molecular weight is 879 g/mol. The van der Waals surface area contributed by atoms with Crippen molar-refractivity contribution in [3.63, 3.8) is 0 Å². The van der Waals surface area contributed by atoms with E-state index in [1.165, 1.54) is 21.1 Å². The quantitative estimate of drug-likeness (QED) is 0.131. The van der Waals surface area contributed by atoms with E-state index in [2.05, 4.69) is 45.5 Å². The van der Waals surface area contributed by atoms with Crippen molar-refractivity contribution >= 4 is 29.3 Å². The minimum absolute atomic E-state index is 0. The Morgan fingerprint density at radius 1 is 0.984 bits per heavy atom. The number of benzene rings is 2. The molecule has 11 atom stereocenters. The molecule has 16 nitrogen and oxygen atoms in total. The van der Waals surface area contributed by atoms with Crippen molar-refractivity contribution in [2.45, 2.75) is 105 Å². The van der Waals surface area contributed by atoms with Gasteiger partial charge in [0.2, 0.25) is 5.60 Å². The summed E-state index contributed by atoms with van der Waals surface area (Å²) in [6.45, 7) is 7.37. The average Bonchev–Trinajstić information content (AvgIpc) is 4.00. The van der Waals surface area contributed by atoms with E-state index in [0.717, 1.165) is 35.2 Å². The molecule has 7 N–H and O–H groups in total. The Hall–Kier alpha value is -4.29. The largest absolute Gasteiger partial charge is 0.496 e. The number of ether oxygens (including phenoxy) is 4. The van der Waals surface area contributed by atoms with Crippen molar-refractivity contribution in [2.75, 3.05) is 78.5 Å². The van der Waals surface area contributed by atoms with Crippen LogP contribution in [0.1, 0.15) is 76.0 Å². The van der Waals surface area contributed by atoms with Crippen LogP contribution in [0.15, 0.2) is 48.6 Å². The van der Waals surface area contributed by atoms with Gasteiger partial charge >= 0.3 is 17.9 Å². The van der Waals surface area contributed by atoms with E-state index in [1.807, 2.05) is 44.0 Å². The van der Waals surface area contributed by atoms with Crippen LogP contribution in [0.25, 0.3) is 0 Å². The van der Waals surface area contributed by atoms with Crippen LogP contribution in [0.2, 0.25) is 0 Å². The summed E-state index contributed by atoms with van der Waals surface area (Å²) in [6.07, 6.45) is 5.72. The van der Waals surface area contributed by atoms with E-state index < -0.39 is 63.1 Å². The summed E-state index contributed by atoms with van der Waals surface area (Å²) in [5.41, 5.74) is -2.66. The number of anilines is 2. The molecule has 1 aliphatic carbocycles. The zero-order valence-electron chi connectivity index (χ0n) is 37.8. The van der Waals surface area contributed by atoms with Crippen LogP contribution >= 0.6 is 0 Å². The second kappa shape index (κ2) is 16.3. The summed E-state index contributed by atoms with van der Waals surface area (Å²) in [7, 11) is 7.22. The van der Waals surface area contributed by atoms with Crippen LogP contribution in [0.3, 0.4) is 0 Å². The Morgan fingerprint density at radius 3 is 2.35 bits per heavy atom. The maximum Gasteiger partial charge on any atom is 0.344 e. The smallest absolute Gasteiger partial charge is 0.344 e. The SMILES string of the molecule is CC[C@@](O)(CO)C[C@H]1C[C@H](C(=O)OC)[C@@]23Nc4ccccc4[C@]2(c2cc4c(cc2OC)N(C)[C@H]2[C@@](O)(C(=O)OC)[C@H](OC(C)=O)[C@]5(CC)C=CCN6CC[C@]42[C@@H]65)CCN3C1.CO.O. The second-order valence-electron chi connectivity index (χ2n) is 18.6. The molecule has 9 rings (SSSR count). The molecule has 346 valence electrons. The van der Waals surface area contributed by atoms with Crippen LogP contribution in [0.4, 0.5) is 11.4 Å². The molecule has 0 bridgehead atoms. The maximum atomic E-state index is 14.4. The summed E-state index contributed by atoms with van der Waals surface area (Å²) in [4.78, 5) is 48.6. The standard InChI is InChI=1S/C46H60N4O10.CH4O.H2O/c1-8-41(55,26-51)24-28-21-32(36(53)58-6)46-44(17-20-50(46)25-28,29-13-10-11-14-33(29)47-46)31-22-30-34(23-35(31)57-5)48(4)38-43(30)16-19-49-18-12-15-42(9-2,37(43)49)39(60-27(3)52)45(38,56)40(54)59-7;1-2;/h10-15,22-23,28,32,37-39,47,51,55-56H,8-9,16-21,24-26H2,1-7H3;2H,1H3;1H2/t28-,32-,37+,38-,39-,41+,42-,43-,44+,45+,46+;;/m1../s1. The third-order valence-electron chi connectivity index (χ3n) is 16.5. The highest BCUT2D eigenvalue weighted by Gasteiger charge is 2.81. The predicted molar refractivity (Wildman–Crippen MR) is 233 cm³/mol. The van der Waals surface area contributed by atoms with Crippen molar-refractivity contribution in [3.05, 3.63) is 65.2 Å². The van der Waals surface area contributed by atoms with Crippen molar-refractivity contribution in [1.29, 1.82) is 0 Å². The van der Waals surface area contributed by atoms with Crippen LogP contribution in [0.5, 0.6) is 5.75 Å². The number of hydrogen-bond donors (Lipinski definition) is 5. The molecule has 6 aliphatic heterocycles. The zero-order valence-corrected chi connectivity index (χ0v) is 37.8. The first-order chi connectivity index (χ1) is 29.7. The van der Waals surface area contributed by atoms with Crippen LogP contribution in [0, 0.1) is 17.3 Å². The molecule has 0 amide bonds. The van der Waals surface area contributed by atoms with E-state index in [4.69, 9.17) is 24.1 Å². The Labute approximate surface area is 369 Å². The Bertz CT molecular complexity index is 2150. The fourth-order valence-corrected chi connectivity index (χ4v) is 14.4. The number of rotatable bonds is 10. The number of methoxy groups -OCH3 is 3. The predicted octanol–water partition coefficient (Wildman–Crippen LogP) is 1.87. The molecule has 2 spiro atoms. The number of nitrogens with one attached hydrogen (secondary N) is 1. The van der Waals surface area contributed by atoms with Gasteiger partial charge in [0.1, 0.15) is 11.4 Å². The first-order valence-electron chi connectivity index (χ1n) is 22.0. The van der Waals surface area contributed by atoms with Gasteiger partial charge in [0.15, 0.2) is 6.10 Å². The molecule has 16 heteroatoms. The van der Waals surface area contributed by atoms with E-state index in [1.54, 1.807) is 7.11 Å². The van der Waals surface area contributed by atoms with Crippen molar-refractivity contribution in [1.82, 2.24) is 9.80 Å². The van der Waals surface area contributed by atoms with Crippen molar-refractivity contribution < 1.29 is 59.2 Å². The number of aliphatic hydroxyl groups is 4. The van der Waals surface area contributed by atoms with E-state index in [9.17, 15) is 29.7 Å². The highest BCUT2D eigenvalue weighted by atomic mass is 16.6. The number of fused-ring (bicyclic) bond motifs is 3. The molecular formula is C47H66N4O12. The van der Waals surface area contributed by atoms with Gasteiger partial charge in [-0.3, -0.25) is 19.4 Å². The van der Waals surface area contributed by atoms with E-state index in [0.29, 0.717) is 70.5 Å². The van der Waals surface area contributed by atoms with Gasteiger partial charge in [-0.15, -0.1) is 0 Å². The normalized spacial score (nSPS) is 36.3. The third-order valence-corrected chi connectivity index (χ3v) is 16.5. The maximum absolute atomic E-state index is 14.4. The first-order valence-corrected chi connectivity index (χ1v) is 22.0.